The van der Waals surface area contributed by atoms with Crippen LogP contribution in [-0.2, 0) is 12.8 Å². The lowest BCUT2D eigenvalue weighted by atomic mass is 10.3. The number of rotatable bonds is 10. The Morgan fingerprint density at radius 3 is 1.97 bits per heavy atom. The number of aromatic nitrogens is 2. The average Bonchev–Trinajstić information content (AvgIpc) is 3.49. The summed E-state index contributed by atoms with van der Waals surface area (Å²) in [7, 11) is 0. The van der Waals surface area contributed by atoms with Crippen LogP contribution in [-0.4, -0.2) is 22.4 Å². The van der Waals surface area contributed by atoms with Gasteiger partial charge in [-0.25, -0.2) is 5.43 Å². The van der Waals surface area contributed by atoms with Gasteiger partial charge in [-0.1, -0.05) is 32.0 Å². The molecule has 0 aliphatic rings. The van der Waals surface area contributed by atoms with Crippen LogP contribution in [0.25, 0.3) is 0 Å². The summed E-state index contributed by atoms with van der Waals surface area (Å²) >= 11 is 0. The van der Waals surface area contributed by atoms with Crippen LogP contribution in [0.2, 0.25) is 0 Å². The SMILES string of the molecule is CCc1ccc(C=NNc2cc(Nc3ccccc3)nc(NN=Cc3ccc(CC)o3)n2)o1. The predicted molar refractivity (Wildman–Crippen MR) is 130 cm³/mol. The molecule has 0 bridgehead atoms. The second-order valence-electron chi connectivity index (χ2n) is 7.01. The van der Waals surface area contributed by atoms with Gasteiger partial charge in [0.05, 0.1) is 12.4 Å². The molecule has 3 aromatic heterocycles. The van der Waals surface area contributed by atoms with E-state index in [1.165, 1.54) is 0 Å². The number of hydrogen-bond acceptors (Lipinski definition) is 9. The third-order valence-corrected chi connectivity index (χ3v) is 4.56. The zero-order valence-corrected chi connectivity index (χ0v) is 18.4. The maximum absolute atomic E-state index is 5.63. The van der Waals surface area contributed by atoms with Crippen molar-refractivity contribution in [2.75, 3.05) is 16.2 Å². The van der Waals surface area contributed by atoms with Gasteiger partial charge < -0.3 is 14.2 Å². The molecular weight excluding hydrogens is 418 g/mol. The Hall–Kier alpha value is -4.40. The molecule has 0 unspecified atom stereocenters. The molecule has 4 aromatic rings. The van der Waals surface area contributed by atoms with Gasteiger partial charge in [-0.05, 0) is 36.4 Å². The zero-order chi connectivity index (χ0) is 22.9. The Balaban J connectivity index is 1.50. The highest BCUT2D eigenvalue weighted by Gasteiger charge is 2.05. The molecule has 0 spiro atoms. The van der Waals surface area contributed by atoms with Crippen LogP contribution in [0.1, 0.15) is 36.9 Å². The van der Waals surface area contributed by atoms with Crippen LogP contribution in [0, 0.1) is 0 Å². The first kappa shape index (κ1) is 21.8. The number of aryl methyl sites for hydroxylation is 2. The fraction of sp³-hybridized carbons (Fsp3) is 0.167. The number of benzene rings is 1. The Morgan fingerprint density at radius 1 is 0.758 bits per heavy atom. The molecule has 9 nitrogen and oxygen atoms in total. The Bertz CT molecular complexity index is 1160. The first-order valence-electron chi connectivity index (χ1n) is 10.7. The van der Waals surface area contributed by atoms with Crippen molar-refractivity contribution in [3.63, 3.8) is 0 Å². The van der Waals surface area contributed by atoms with Gasteiger partial charge in [0.2, 0.25) is 5.95 Å². The molecule has 9 heteroatoms. The smallest absolute Gasteiger partial charge is 0.247 e. The summed E-state index contributed by atoms with van der Waals surface area (Å²) in [6, 6.07) is 19.1. The van der Waals surface area contributed by atoms with Crippen molar-refractivity contribution < 1.29 is 8.83 Å². The molecule has 168 valence electrons. The summed E-state index contributed by atoms with van der Waals surface area (Å²) in [6.07, 6.45) is 4.83. The first-order valence-corrected chi connectivity index (χ1v) is 10.7. The maximum atomic E-state index is 5.63. The van der Waals surface area contributed by atoms with Crippen molar-refractivity contribution in [2.45, 2.75) is 26.7 Å². The predicted octanol–water partition coefficient (Wildman–Crippen LogP) is 5.42. The minimum atomic E-state index is 0.290. The van der Waals surface area contributed by atoms with Gasteiger partial charge in [-0.2, -0.15) is 20.2 Å². The van der Waals surface area contributed by atoms with Crippen LogP contribution in [0.4, 0.5) is 23.3 Å². The number of hydrogen-bond donors (Lipinski definition) is 3. The molecule has 0 atom stereocenters. The molecule has 1 aromatic carbocycles. The third-order valence-electron chi connectivity index (χ3n) is 4.56. The molecule has 33 heavy (non-hydrogen) atoms. The van der Waals surface area contributed by atoms with Crippen molar-refractivity contribution in [3.8, 4) is 0 Å². The number of para-hydroxylation sites is 1. The van der Waals surface area contributed by atoms with Crippen molar-refractivity contribution in [1.29, 1.82) is 0 Å². The fourth-order valence-corrected chi connectivity index (χ4v) is 2.91. The van der Waals surface area contributed by atoms with Crippen LogP contribution < -0.4 is 16.2 Å². The quantitative estimate of drug-likeness (QED) is 0.221. The van der Waals surface area contributed by atoms with E-state index in [-0.39, 0.29) is 0 Å². The van der Waals surface area contributed by atoms with Gasteiger partial charge in [-0.15, -0.1) is 0 Å². The Morgan fingerprint density at radius 2 is 1.36 bits per heavy atom. The Labute approximate surface area is 191 Å². The van der Waals surface area contributed by atoms with Gasteiger partial charge in [-0.3, -0.25) is 5.43 Å². The molecule has 0 amide bonds. The highest BCUT2D eigenvalue weighted by atomic mass is 16.3. The lowest BCUT2D eigenvalue weighted by Gasteiger charge is -2.09. The van der Waals surface area contributed by atoms with Crippen molar-refractivity contribution >= 4 is 35.7 Å². The van der Waals surface area contributed by atoms with E-state index in [9.17, 15) is 0 Å². The number of furan rings is 2. The van der Waals surface area contributed by atoms with Crippen molar-refractivity contribution in [3.05, 3.63) is 83.7 Å². The van der Waals surface area contributed by atoms with E-state index in [1.54, 1.807) is 18.5 Å². The van der Waals surface area contributed by atoms with Crippen molar-refractivity contribution in [1.82, 2.24) is 9.97 Å². The van der Waals surface area contributed by atoms with E-state index in [4.69, 9.17) is 8.83 Å². The lowest BCUT2D eigenvalue weighted by Crippen LogP contribution is -2.04. The topological polar surface area (TPSA) is 113 Å². The molecular formula is C24H25N7O2. The molecule has 0 saturated carbocycles. The number of nitrogens with zero attached hydrogens (tertiary/aromatic N) is 4. The molecule has 0 radical (unpaired) electrons. The highest BCUT2D eigenvalue weighted by molar-refractivity contribution is 5.77. The van der Waals surface area contributed by atoms with Crippen molar-refractivity contribution in [2.24, 2.45) is 10.2 Å². The minimum absolute atomic E-state index is 0.290. The fourth-order valence-electron chi connectivity index (χ4n) is 2.91. The monoisotopic (exact) mass is 443 g/mol. The van der Waals surface area contributed by atoms with Crippen LogP contribution in [0.5, 0.6) is 0 Å². The van der Waals surface area contributed by atoms with Crippen LogP contribution in [0.15, 0.2) is 79.7 Å². The molecule has 3 N–H and O–H groups in total. The van der Waals surface area contributed by atoms with Gasteiger partial charge in [0, 0.05) is 24.6 Å². The molecule has 0 fully saturated rings. The molecule has 0 aliphatic heterocycles. The van der Waals surface area contributed by atoms with E-state index in [2.05, 4.69) is 36.3 Å². The zero-order valence-electron chi connectivity index (χ0n) is 18.4. The van der Waals surface area contributed by atoms with E-state index < -0.39 is 0 Å². The average molecular weight is 444 g/mol. The summed E-state index contributed by atoms with van der Waals surface area (Å²) in [5.41, 5.74) is 6.65. The number of nitrogens with one attached hydrogen (secondary N) is 3. The molecule has 3 heterocycles. The van der Waals surface area contributed by atoms with Crippen LogP contribution in [0.3, 0.4) is 0 Å². The van der Waals surface area contributed by atoms with E-state index in [1.807, 2.05) is 68.4 Å². The van der Waals surface area contributed by atoms with Gasteiger partial charge in [0.15, 0.2) is 5.82 Å². The highest BCUT2D eigenvalue weighted by Crippen LogP contribution is 2.19. The normalized spacial score (nSPS) is 11.3. The van der Waals surface area contributed by atoms with Gasteiger partial charge >= 0.3 is 0 Å². The summed E-state index contributed by atoms with van der Waals surface area (Å²) < 4.78 is 11.2. The van der Waals surface area contributed by atoms with Crippen LogP contribution >= 0.6 is 0 Å². The van der Waals surface area contributed by atoms with E-state index >= 15 is 0 Å². The second kappa shape index (κ2) is 10.8. The standard InChI is InChI=1S/C24H25N7O2/c1-3-18-10-12-20(32-18)15-25-30-23-14-22(27-17-8-6-5-7-9-17)28-24(29-23)31-26-16-21-13-11-19(4-2)33-21/h5-16H,3-4H2,1-2H3,(H3,27,28,29,30,31). The summed E-state index contributed by atoms with van der Waals surface area (Å²) in [5.74, 6) is 4.44. The maximum Gasteiger partial charge on any atom is 0.247 e. The van der Waals surface area contributed by atoms with E-state index in [0.717, 1.165) is 30.0 Å². The molecule has 0 saturated heterocycles. The minimum Gasteiger partial charge on any atom is -0.460 e. The molecule has 4 rings (SSSR count). The largest absolute Gasteiger partial charge is 0.460 e. The van der Waals surface area contributed by atoms with Gasteiger partial charge in [0.1, 0.15) is 28.9 Å². The second-order valence-corrected chi connectivity index (χ2v) is 7.01. The third kappa shape index (κ3) is 6.30. The van der Waals surface area contributed by atoms with E-state index in [0.29, 0.717) is 29.1 Å². The number of anilines is 4. The molecule has 0 aliphatic carbocycles. The lowest BCUT2D eigenvalue weighted by molar-refractivity contribution is 0.510. The summed E-state index contributed by atoms with van der Waals surface area (Å²) in [6.45, 7) is 4.06. The Kier molecular flexibility index (Phi) is 7.11. The first-order chi connectivity index (χ1) is 16.2. The van der Waals surface area contributed by atoms with Gasteiger partial charge in [0.25, 0.3) is 0 Å². The summed E-state index contributed by atoms with van der Waals surface area (Å²) in [5, 5.41) is 11.7. The number of hydrazone groups is 2. The summed E-state index contributed by atoms with van der Waals surface area (Å²) in [4.78, 5) is 8.89.